The minimum atomic E-state index is -1.52. The van der Waals surface area contributed by atoms with E-state index in [9.17, 15) is 0 Å². The number of nitrogens with zero attached hydrogens (tertiary/aromatic N) is 14. The molecular formula is C103H60F8N14. The van der Waals surface area contributed by atoms with Crippen LogP contribution in [0.15, 0.2) is 365 Å². The number of hydrogen-bond acceptors (Lipinski definition) is 11. The minimum Gasteiger partial charge on any atom is -0.309 e. The number of aromatic nitrogens is 14. The zero-order valence-corrected chi connectivity index (χ0v) is 65.4. The molecule has 0 atom stereocenters. The lowest BCUT2D eigenvalue weighted by Gasteiger charge is -2.16. The second-order valence-corrected chi connectivity index (χ2v) is 29.1. The first kappa shape index (κ1) is 76.9. The summed E-state index contributed by atoms with van der Waals surface area (Å²) in [7, 11) is 0. The van der Waals surface area contributed by atoms with Crippen LogP contribution in [0.25, 0.3) is 196 Å². The van der Waals surface area contributed by atoms with Gasteiger partial charge < -0.3 is 13.7 Å². The zero-order chi connectivity index (χ0) is 84.8. The van der Waals surface area contributed by atoms with E-state index in [1.54, 1.807) is 201 Å². The molecule has 0 saturated carbocycles. The Kier molecular flexibility index (Phi) is 20.2. The van der Waals surface area contributed by atoms with Crippen molar-refractivity contribution < 1.29 is 35.1 Å². The molecule has 0 amide bonds. The van der Waals surface area contributed by atoms with Crippen LogP contribution in [0.2, 0.25) is 0 Å². The Balaban J connectivity index is 0.000000119. The topological polar surface area (TPSA) is 157 Å². The van der Waals surface area contributed by atoms with Gasteiger partial charge in [0, 0.05) is 91.9 Å². The van der Waals surface area contributed by atoms with E-state index < -0.39 is 69.0 Å². The maximum atomic E-state index is 16.0. The van der Waals surface area contributed by atoms with Gasteiger partial charge in [0.05, 0.1) is 84.1 Å². The van der Waals surface area contributed by atoms with Crippen molar-refractivity contribution in [3.8, 4) is 130 Å². The largest absolute Gasteiger partial charge is 0.309 e. The van der Waals surface area contributed by atoms with Gasteiger partial charge in [0.15, 0.2) is 64.0 Å². The molecule has 598 valence electrons. The van der Waals surface area contributed by atoms with E-state index in [0.29, 0.717) is 107 Å². The summed E-state index contributed by atoms with van der Waals surface area (Å²) in [6.07, 6.45) is 10.00. The molecule has 125 heavy (non-hydrogen) atoms. The lowest BCUT2D eigenvalue weighted by atomic mass is 9.99. The summed E-state index contributed by atoms with van der Waals surface area (Å²) in [6.45, 7) is 0. The Morgan fingerprint density at radius 3 is 0.856 bits per heavy atom. The van der Waals surface area contributed by atoms with Gasteiger partial charge in [-0.25, -0.2) is 70.0 Å². The van der Waals surface area contributed by atoms with Gasteiger partial charge in [0.1, 0.15) is 17.1 Å². The molecule has 11 aromatic heterocycles. The average Bonchev–Trinajstić information content (AvgIpc) is 1.63. The summed E-state index contributed by atoms with van der Waals surface area (Å²) < 4.78 is 133. The molecule has 14 nitrogen and oxygen atoms in total. The predicted molar refractivity (Wildman–Crippen MR) is 472 cm³/mol. The number of halogens is 8. The first-order chi connectivity index (χ1) is 61.4. The van der Waals surface area contributed by atoms with E-state index in [1.165, 1.54) is 55.2 Å². The molecule has 0 aliphatic carbocycles. The summed E-state index contributed by atoms with van der Waals surface area (Å²) in [4.78, 5) is 49.9. The third-order valence-corrected chi connectivity index (χ3v) is 21.6. The van der Waals surface area contributed by atoms with Crippen LogP contribution in [-0.4, -0.2) is 68.5 Å². The van der Waals surface area contributed by atoms with Crippen molar-refractivity contribution in [2.75, 3.05) is 0 Å². The van der Waals surface area contributed by atoms with Gasteiger partial charge in [0.25, 0.3) is 0 Å². The quantitative estimate of drug-likeness (QED) is 0.0799. The third kappa shape index (κ3) is 14.2. The second kappa shape index (κ2) is 32.8. The van der Waals surface area contributed by atoms with Gasteiger partial charge in [-0.15, -0.1) is 0 Å². The highest BCUT2D eigenvalue weighted by molar-refractivity contribution is 6.11. The number of hydrogen-bond donors (Lipinski definition) is 0. The summed E-state index contributed by atoms with van der Waals surface area (Å²) in [5, 5.41) is 5.28. The Morgan fingerprint density at radius 1 is 0.184 bits per heavy atom. The van der Waals surface area contributed by atoms with Crippen LogP contribution < -0.4 is 0 Å². The van der Waals surface area contributed by atoms with Crippen LogP contribution in [0.3, 0.4) is 0 Å². The Morgan fingerprint density at radius 2 is 0.488 bits per heavy atom. The number of rotatable bonds is 13. The van der Waals surface area contributed by atoms with Crippen molar-refractivity contribution >= 4 is 65.4 Å². The normalized spacial score (nSPS) is 11.4. The van der Waals surface area contributed by atoms with Gasteiger partial charge >= 0.3 is 0 Å². The molecular weight excluding hydrogens is 1590 g/mol. The van der Waals surface area contributed by atoms with Gasteiger partial charge in [-0.3, -0.25) is 19.9 Å². The molecule has 0 fully saturated rings. The highest BCUT2D eigenvalue weighted by Gasteiger charge is 2.33. The van der Waals surface area contributed by atoms with Gasteiger partial charge in [-0.2, -0.15) is 0 Å². The van der Waals surface area contributed by atoms with Crippen molar-refractivity contribution in [3.05, 3.63) is 411 Å². The molecule has 22 rings (SSSR count). The molecule has 11 heterocycles. The molecule has 0 unspecified atom stereocenters. The average molecular weight is 1650 g/mol. The first-order valence-corrected chi connectivity index (χ1v) is 39.5. The molecule has 0 N–H and O–H groups in total. The monoisotopic (exact) mass is 1640 g/mol. The fourth-order valence-corrected chi connectivity index (χ4v) is 15.9. The predicted octanol–water partition coefficient (Wildman–Crippen LogP) is 25.5. The molecule has 0 aliphatic rings. The van der Waals surface area contributed by atoms with E-state index in [4.69, 9.17) is 4.98 Å². The molecule has 22 heteroatoms. The summed E-state index contributed by atoms with van der Waals surface area (Å²) in [6, 6.07) is 98.7. The van der Waals surface area contributed by atoms with Crippen LogP contribution >= 0.6 is 0 Å². The van der Waals surface area contributed by atoms with Crippen molar-refractivity contribution in [3.63, 3.8) is 0 Å². The van der Waals surface area contributed by atoms with Crippen molar-refractivity contribution in [2.45, 2.75) is 0 Å². The molecule has 0 bridgehead atoms. The van der Waals surface area contributed by atoms with Gasteiger partial charge in [-0.05, 0) is 138 Å². The molecule has 0 spiro atoms. The highest BCUT2D eigenvalue weighted by Crippen LogP contribution is 2.44. The first-order valence-electron chi connectivity index (χ1n) is 39.5. The fourth-order valence-electron chi connectivity index (χ4n) is 15.9. The van der Waals surface area contributed by atoms with Crippen molar-refractivity contribution in [2.24, 2.45) is 0 Å². The van der Waals surface area contributed by atoms with Crippen LogP contribution in [0.1, 0.15) is 0 Å². The summed E-state index contributed by atoms with van der Waals surface area (Å²) in [5.74, 6) is -10.2. The maximum absolute atomic E-state index is 16.0. The van der Waals surface area contributed by atoms with Gasteiger partial charge in [0.2, 0.25) is 5.82 Å². The van der Waals surface area contributed by atoms with Crippen molar-refractivity contribution in [1.82, 2.24) is 68.5 Å². The summed E-state index contributed by atoms with van der Waals surface area (Å²) >= 11 is 0. The van der Waals surface area contributed by atoms with E-state index in [0.717, 1.165) is 22.4 Å². The number of para-hydroxylation sites is 6. The zero-order valence-electron chi connectivity index (χ0n) is 65.4. The lowest BCUT2D eigenvalue weighted by molar-refractivity contribution is 0.454. The molecule has 0 saturated heterocycles. The summed E-state index contributed by atoms with van der Waals surface area (Å²) in [5.41, 5.74) is 8.22. The van der Waals surface area contributed by atoms with Crippen LogP contribution in [0, 0.1) is 46.5 Å². The minimum absolute atomic E-state index is 0.0684. The van der Waals surface area contributed by atoms with E-state index in [-0.39, 0.29) is 22.5 Å². The molecule has 0 aliphatic heterocycles. The number of fused-ring (bicyclic) bond motifs is 9. The van der Waals surface area contributed by atoms with E-state index in [1.807, 2.05) is 67.0 Å². The second-order valence-electron chi connectivity index (χ2n) is 29.1. The van der Waals surface area contributed by atoms with Crippen LogP contribution in [-0.2, 0) is 0 Å². The highest BCUT2D eigenvalue weighted by atomic mass is 19.2. The Hall–Kier alpha value is -16.8. The standard InChI is InChI=1S/C36H23N7.C34H19F4N3.C33H18F4N4/c1-2-10-25(11-3-1)33-40-34(30-14-8-9-21-37-30)42-36(41-33)35-38-22-26(23-39-35)24-17-19-27(20-18-24)43-31-15-6-4-12-28(31)29-13-5-7-16-32(29)43;35-30-29(21-18-25(20-10-2-1-3-11-20)40-26(19-21)24-14-8-9-17-39-24)31(36)33(38)34(32(30)37)41-27-15-6-4-12-22(27)23-13-5-7-16-28(23)41;34-29-28(19-17-24(22-11-5-7-15-38-22)40-25(18-19)23-12-6-8-16-39-23)30(35)32(37)33(31(29)36)41-26-13-3-1-9-20(26)21-10-2-4-14-27(21)41/h1-23H;1-19H;1-18H. The maximum Gasteiger partial charge on any atom is 0.201 e. The van der Waals surface area contributed by atoms with E-state index >= 15 is 35.1 Å². The lowest BCUT2D eigenvalue weighted by Crippen LogP contribution is -2.09. The Labute approximate surface area is 706 Å². The van der Waals surface area contributed by atoms with Crippen molar-refractivity contribution in [1.29, 1.82) is 0 Å². The van der Waals surface area contributed by atoms with E-state index in [2.05, 4.69) is 127 Å². The van der Waals surface area contributed by atoms with Crippen LogP contribution in [0.5, 0.6) is 0 Å². The Bertz CT molecular complexity index is 7170. The molecule has 22 aromatic rings. The molecule has 11 aromatic carbocycles. The van der Waals surface area contributed by atoms with Crippen LogP contribution in [0.4, 0.5) is 35.1 Å². The smallest absolute Gasteiger partial charge is 0.201 e. The fraction of sp³-hybridized carbons (Fsp3) is 0. The molecule has 0 radical (unpaired) electrons. The SMILES string of the molecule is Fc1c(F)c(-n2c3ccccc3c3ccccc32)c(F)c(F)c1-c1cc(-c2ccccc2)nc(-c2ccccn2)c1.Fc1c(F)c(-n2c3ccccc3c3ccccc32)c(F)c(F)c1-c1cc(-c2ccccn2)nc(-c2ccccn2)c1.c1ccc(-c2nc(-c3ccccn3)nc(-c3ncc(-c4ccc(-n5c6ccccc6c6ccccc65)cc4)cn3)n2)cc1. The number of pyridine rings is 6. The van der Waals surface area contributed by atoms with Gasteiger partial charge in [-0.1, -0.05) is 206 Å². The number of benzene rings is 11. The third-order valence-electron chi connectivity index (χ3n) is 21.6.